The fourth-order valence-corrected chi connectivity index (χ4v) is 7.28. The largest absolute Gasteiger partial charge is 0.333 e. The van der Waals surface area contributed by atoms with Gasteiger partial charge in [-0.15, -0.1) is 0 Å². The summed E-state index contributed by atoms with van der Waals surface area (Å²) in [5.74, 6) is 0.382. The second-order valence-corrected chi connectivity index (χ2v) is 11.8. The third kappa shape index (κ3) is 3.57. The Labute approximate surface area is 242 Å². The van der Waals surface area contributed by atoms with Crippen LogP contribution in [-0.4, -0.2) is 6.04 Å². The molecule has 3 aliphatic rings. The molecule has 1 heterocycles. The van der Waals surface area contributed by atoms with Crippen LogP contribution in [0.5, 0.6) is 0 Å². The van der Waals surface area contributed by atoms with Gasteiger partial charge >= 0.3 is 0 Å². The number of hydrogen-bond donors (Lipinski definition) is 0. The minimum atomic E-state index is -0.0458. The smallest absolute Gasteiger partial charge is 0.0629 e. The van der Waals surface area contributed by atoms with Gasteiger partial charge in [-0.05, 0) is 70.8 Å². The number of fused-ring (bicyclic) bond motifs is 6. The Hall–Kier alpha value is -4.82. The van der Waals surface area contributed by atoms with Crippen molar-refractivity contribution in [3.63, 3.8) is 0 Å². The van der Waals surface area contributed by atoms with E-state index in [1.807, 2.05) is 0 Å². The highest BCUT2D eigenvalue weighted by molar-refractivity contribution is 5.95. The summed E-state index contributed by atoms with van der Waals surface area (Å²) in [6.07, 6.45) is 9.03. The van der Waals surface area contributed by atoms with E-state index in [0.717, 1.165) is 11.4 Å². The van der Waals surface area contributed by atoms with Gasteiger partial charge in [-0.1, -0.05) is 111 Å². The average molecular weight is 529 g/mol. The monoisotopic (exact) mass is 528 g/mol. The average Bonchev–Trinajstić information content (AvgIpc) is 3.48. The maximum absolute atomic E-state index is 2.50. The van der Waals surface area contributed by atoms with E-state index in [1.54, 1.807) is 0 Å². The summed E-state index contributed by atoms with van der Waals surface area (Å²) in [7, 11) is 0. The van der Waals surface area contributed by atoms with Crippen molar-refractivity contribution in [2.24, 2.45) is 0 Å². The van der Waals surface area contributed by atoms with E-state index in [0.29, 0.717) is 12.0 Å². The van der Waals surface area contributed by atoms with Crippen molar-refractivity contribution in [2.45, 2.75) is 31.2 Å². The molecule has 2 atom stereocenters. The number of allylic oxidation sites excluding steroid dienone is 2. The van der Waals surface area contributed by atoms with E-state index in [-0.39, 0.29) is 5.41 Å². The summed E-state index contributed by atoms with van der Waals surface area (Å²) in [5.41, 5.74) is 12.8. The molecule has 2 heteroatoms. The van der Waals surface area contributed by atoms with E-state index < -0.39 is 0 Å². The first-order valence-corrected chi connectivity index (χ1v) is 14.5. The molecule has 8 rings (SSSR count). The van der Waals surface area contributed by atoms with E-state index >= 15 is 0 Å². The Morgan fingerprint density at radius 1 is 0.610 bits per heavy atom. The fraction of sp³-hybridized carbons (Fsp3) is 0.128. The van der Waals surface area contributed by atoms with Gasteiger partial charge in [0.05, 0.1) is 11.7 Å². The molecule has 0 amide bonds. The van der Waals surface area contributed by atoms with E-state index in [1.165, 1.54) is 44.9 Å². The number of anilines is 5. The molecular weight excluding hydrogens is 496 g/mol. The van der Waals surface area contributed by atoms with Gasteiger partial charge in [0.25, 0.3) is 0 Å². The Morgan fingerprint density at radius 3 is 2.15 bits per heavy atom. The normalized spacial score (nSPS) is 18.9. The third-order valence-electron chi connectivity index (χ3n) is 9.19. The van der Waals surface area contributed by atoms with Gasteiger partial charge in [0.2, 0.25) is 0 Å². The standard InChI is InChI=1S/C39H32N2/c1-39(2)33-18-9-6-17-32(33)38-34(39)19-12-22-37(38)40(27-13-4-3-5-14-27)28-23-25-29(26-24-28)41-35-20-10-7-15-30(35)31-16-8-11-21-36(31)41/h3-26,30,35H,1-2H3. The first-order chi connectivity index (χ1) is 20.1. The van der Waals surface area contributed by atoms with Crippen LogP contribution in [0.2, 0.25) is 0 Å². The molecule has 5 aromatic rings. The first kappa shape index (κ1) is 24.0. The molecule has 1 aliphatic heterocycles. The lowest BCUT2D eigenvalue weighted by atomic mass is 9.82. The molecule has 0 spiro atoms. The number of nitrogens with zero attached hydrogens (tertiary/aromatic N) is 2. The van der Waals surface area contributed by atoms with Crippen LogP contribution >= 0.6 is 0 Å². The summed E-state index contributed by atoms with van der Waals surface area (Å²) in [4.78, 5) is 4.92. The quantitative estimate of drug-likeness (QED) is 0.229. The molecule has 0 saturated heterocycles. The van der Waals surface area contributed by atoms with Crippen LogP contribution in [0.1, 0.15) is 36.5 Å². The summed E-state index contributed by atoms with van der Waals surface area (Å²) in [6, 6.07) is 44.7. The second-order valence-electron chi connectivity index (χ2n) is 11.8. The van der Waals surface area contributed by atoms with Crippen molar-refractivity contribution in [3.05, 3.63) is 162 Å². The van der Waals surface area contributed by atoms with E-state index in [2.05, 4.69) is 169 Å². The lowest BCUT2D eigenvalue weighted by molar-refractivity contribution is 0.660. The predicted octanol–water partition coefficient (Wildman–Crippen LogP) is 10.2. The van der Waals surface area contributed by atoms with Crippen molar-refractivity contribution >= 4 is 28.4 Å². The van der Waals surface area contributed by atoms with Gasteiger partial charge in [0.15, 0.2) is 0 Å². The van der Waals surface area contributed by atoms with Gasteiger partial charge in [0, 0.05) is 39.6 Å². The molecule has 198 valence electrons. The number of para-hydroxylation sites is 2. The van der Waals surface area contributed by atoms with E-state index in [9.17, 15) is 0 Å². The molecule has 0 N–H and O–H groups in total. The summed E-state index contributed by atoms with van der Waals surface area (Å²) < 4.78 is 0. The topological polar surface area (TPSA) is 6.48 Å². The van der Waals surface area contributed by atoms with Gasteiger partial charge < -0.3 is 9.80 Å². The van der Waals surface area contributed by atoms with Crippen LogP contribution in [0.15, 0.2) is 146 Å². The van der Waals surface area contributed by atoms with Gasteiger partial charge in [-0.25, -0.2) is 0 Å². The molecule has 0 saturated carbocycles. The van der Waals surface area contributed by atoms with Gasteiger partial charge in [-0.2, -0.15) is 0 Å². The van der Waals surface area contributed by atoms with Crippen LogP contribution in [0.4, 0.5) is 28.4 Å². The predicted molar refractivity (Wildman–Crippen MR) is 172 cm³/mol. The van der Waals surface area contributed by atoms with Crippen molar-refractivity contribution in [1.82, 2.24) is 0 Å². The molecule has 41 heavy (non-hydrogen) atoms. The van der Waals surface area contributed by atoms with Crippen LogP contribution in [0.3, 0.4) is 0 Å². The van der Waals surface area contributed by atoms with Crippen molar-refractivity contribution in [1.29, 1.82) is 0 Å². The molecule has 0 radical (unpaired) electrons. The molecule has 2 nitrogen and oxygen atoms in total. The summed E-state index contributed by atoms with van der Waals surface area (Å²) in [5, 5.41) is 0. The zero-order valence-corrected chi connectivity index (χ0v) is 23.4. The van der Waals surface area contributed by atoms with Gasteiger partial charge in [-0.3, -0.25) is 0 Å². The Balaban J connectivity index is 1.27. The van der Waals surface area contributed by atoms with Crippen LogP contribution in [0.25, 0.3) is 11.1 Å². The Kier molecular flexibility index (Phi) is 5.33. The zero-order chi connectivity index (χ0) is 27.6. The minimum absolute atomic E-state index is 0.0458. The minimum Gasteiger partial charge on any atom is -0.333 e. The van der Waals surface area contributed by atoms with Crippen LogP contribution in [0, 0.1) is 0 Å². The lowest BCUT2D eigenvalue weighted by Crippen LogP contribution is -2.28. The molecular formula is C39H32N2. The van der Waals surface area contributed by atoms with E-state index in [4.69, 9.17) is 0 Å². The second kappa shape index (κ2) is 9.11. The highest BCUT2D eigenvalue weighted by Crippen LogP contribution is 2.54. The molecule has 0 fully saturated rings. The summed E-state index contributed by atoms with van der Waals surface area (Å²) >= 11 is 0. The van der Waals surface area contributed by atoms with Crippen LogP contribution in [-0.2, 0) is 5.41 Å². The lowest BCUT2D eigenvalue weighted by Gasteiger charge is -2.31. The Morgan fingerprint density at radius 2 is 1.29 bits per heavy atom. The maximum atomic E-state index is 2.50. The first-order valence-electron chi connectivity index (χ1n) is 14.5. The number of rotatable bonds is 4. The third-order valence-corrected chi connectivity index (χ3v) is 9.19. The van der Waals surface area contributed by atoms with Gasteiger partial charge in [0.1, 0.15) is 0 Å². The fourth-order valence-electron chi connectivity index (χ4n) is 7.28. The highest BCUT2D eigenvalue weighted by Gasteiger charge is 2.39. The highest BCUT2D eigenvalue weighted by atomic mass is 15.2. The number of hydrogen-bond acceptors (Lipinski definition) is 2. The molecule has 2 aliphatic carbocycles. The zero-order valence-electron chi connectivity index (χ0n) is 23.4. The molecule has 5 aromatic carbocycles. The molecule has 2 unspecified atom stereocenters. The van der Waals surface area contributed by atoms with Crippen molar-refractivity contribution in [2.75, 3.05) is 9.80 Å². The van der Waals surface area contributed by atoms with Crippen LogP contribution < -0.4 is 9.80 Å². The summed E-state index contributed by atoms with van der Waals surface area (Å²) in [6.45, 7) is 4.69. The Bertz CT molecular complexity index is 1830. The number of benzene rings is 5. The van der Waals surface area contributed by atoms with Crippen molar-refractivity contribution in [3.8, 4) is 11.1 Å². The molecule has 0 aromatic heterocycles. The maximum Gasteiger partial charge on any atom is 0.0629 e. The molecule has 0 bridgehead atoms. The SMILES string of the molecule is CC1(C)c2ccccc2-c2c(N(c3ccccc3)c3ccc(N4c5ccccc5C5C=CC=CC54)cc3)cccc21. The van der Waals surface area contributed by atoms with Crippen molar-refractivity contribution < 1.29 is 0 Å².